The molecule has 2 saturated carbocycles. The lowest BCUT2D eigenvalue weighted by Gasteiger charge is -2.24. The van der Waals surface area contributed by atoms with Crippen LogP contribution in [0, 0.1) is 17.2 Å². The van der Waals surface area contributed by atoms with E-state index in [0.29, 0.717) is 39.2 Å². The van der Waals surface area contributed by atoms with Crippen LogP contribution in [0.3, 0.4) is 0 Å². The fourth-order valence-electron chi connectivity index (χ4n) is 7.31. The van der Waals surface area contributed by atoms with E-state index in [2.05, 4.69) is 36.6 Å². The SMILES string of the molecule is O=C(Nc1ccc(-c2cc(Nc3ccc(N4CCC5(CCCC5)C4)cn3)c3c(=O)[nH]ccc3n2)c(F)c1)C1CCCCC1. The van der Waals surface area contributed by atoms with Gasteiger partial charge in [-0.2, -0.15) is 0 Å². The van der Waals surface area contributed by atoms with Gasteiger partial charge in [0.1, 0.15) is 11.6 Å². The molecule has 1 aromatic carbocycles. The Labute approximate surface area is 250 Å². The van der Waals surface area contributed by atoms with E-state index < -0.39 is 5.82 Å². The first-order valence-corrected chi connectivity index (χ1v) is 15.6. The fourth-order valence-corrected chi connectivity index (χ4v) is 7.31. The predicted molar refractivity (Wildman–Crippen MR) is 168 cm³/mol. The van der Waals surface area contributed by atoms with Crippen LogP contribution in [-0.2, 0) is 4.79 Å². The number of halogens is 1. The van der Waals surface area contributed by atoms with Crippen molar-refractivity contribution in [3.8, 4) is 11.3 Å². The number of aromatic amines is 1. The average Bonchev–Trinajstić information content (AvgIpc) is 3.67. The minimum absolute atomic E-state index is 0.0210. The number of carbonyl (C=O) groups is 1. The number of anilines is 4. The topological polar surface area (TPSA) is 103 Å². The predicted octanol–water partition coefficient (Wildman–Crippen LogP) is 7.16. The molecule has 3 aromatic heterocycles. The highest BCUT2D eigenvalue weighted by Crippen LogP contribution is 2.46. The van der Waals surface area contributed by atoms with Crippen LogP contribution in [0.4, 0.5) is 27.3 Å². The van der Waals surface area contributed by atoms with E-state index in [-0.39, 0.29) is 22.9 Å². The summed E-state index contributed by atoms with van der Waals surface area (Å²) in [5.74, 6) is 0.00805. The Morgan fingerprint density at radius 1 is 1.00 bits per heavy atom. The molecule has 0 bridgehead atoms. The number of H-pyrrole nitrogens is 1. The van der Waals surface area contributed by atoms with E-state index in [9.17, 15) is 9.59 Å². The molecule has 1 amide bonds. The third-order valence-electron chi connectivity index (χ3n) is 9.70. The highest BCUT2D eigenvalue weighted by Gasteiger charge is 2.40. The zero-order valence-electron chi connectivity index (χ0n) is 24.3. The smallest absolute Gasteiger partial charge is 0.259 e. The van der Waals surface area contributed by atoms with E-state index in [1.165, 1.54) is 44.4 Å². The summed E-state index contributed by atoms with van der Waals surface area (Å²) in [6.45, 7) is 2.14. The Kier molecular flexibility index (Phi) is 7.33. The maximum Gasteiger partial charge on any atom is 0.259 e. The van der Waals surface area contributed by atoms with Gasteiger partial charge in [0.25, 0.3) is 5.56 Å². The number of aromatic nitrogens is 3. The summed E-state index contributed by atoms with van der Waals surface area (Å²) in [5.41, 5.74) is 3.28. The van der Waals surface area contributed by atoms with Gasteiger partial charge < -0.3 is 20.5 Å². The number of rotatable bonds is 6. The molecule has 2 aliphatic carbocycles. The van der Waals surface area contributed by atoms with Crippen molar-refractivity contribution in [2.24, 2.45) is 11.3 Å². The summed E-state index contributed by atoms with van der Waals surface area (Å²) in [5, 5.41) is 6.54. The number of nitrogens with one attached hydrogen (secondary N) is 3. The zero-order valence-corrected chi connectivity index (χ0v) is 24.3. The maximum atomic E-state index is 15.5. The minimum Gasteiger partial charge on any atom is -0.370 e. The van der Waals surface area contributed by atoms with Crippen LogP contribution in [0.5, 0.6) is 0 Å². The first-order chi connectivity index (χ1) is 21.0. The average molecular weight is 581 g/mol. The maximum absolute atomic E-state index is 15.5. The monoisotopic (exact) mass is 580 g/mol. The first-order valence-electron chi connectivity index (χ1n) is 15.6. The third kappa shape index (κ3) is 5.60. The van der Waals surface area contributed by atoms with Crippen LogP contribution < -0.4 is 21.1 Å². The van der Waals surface area contributed by atoms with Crippen LogP contribution in [0.2, 0.25) is 0 Å². The van der Waals surface area contributed by atoms with Gasteiger partial charge in [0.15, 0.2) is 0 Å². The fraction of sp³-hybridized carbons (Fsp3) is 0.412. The zero-order chi connectivity index (χ0) is 29.4. The van der Waals surface area contributed by atoms with Gasteiger partial charge in [-0.1, -0.05) is 32.1 Å². The standard InChI is InChI=1S/C34H37FN6O2/c35-26-18-23(38-32(42)22-6-2-1-3-7-22)8-10-25(26)28-19-29(31-27(39-28)12-16-36-33(31)43)40-30-11-9-24(20-37-30)41-17-15-34(21-41)13-4-5-14-34/h8-12,16,18-20,22H,1-7,13-15,17,21H2,(H,36,43)(H,38,42)(H,37,39,40). The molecule has 43 heavy (non-hydrogen) atoms. The highest BCUT2D eigenvalue weighted by molar-refractivity contribution is 5.95. The van der Waals surface area contributed by atoms with Crippen molar-refractivity contribution < 1.29 is 9.18 Å². The molecular weight excluding hydrogens is 543 g/mol. The number of amides is 1. The van der Waals surface area contributed by atoms with Crippen molar-refractivity contribution >= 4 is 39.7 Å². The summed E-state index contributed by atoms with van der Waals surface area (Å²) in [7, 11) is 0. The normalized spacial score (nSPS) is 18.4. The van der Waals surface area contributed by atoms with Crippen LogP contribution in [0.25, 0.3) is 22.2 Å². The lowest BCUT2D eigenvalue weighted by Crippen LogP contribution is -2.24. The lowest BCUT2D eigenvalue weighted by molar-refractivity contribution is -0.120. The minimum atomic E-state index is -0.503. The summed E-state index contributed by atoms with van der Waals surface area (Å²) >= 11 is 0. The summed E-state index contributed by atoms with van der Waals surface area (Å²) in [6.07, 6.45) is 15.0. The third-order valence-corrected chi connectivity index (χ3v) is 9.70. The molecule has 4 heterocycles. The molecule has 0 atom stereocenters. The van der Waals surface area contributed by atoms with Gasteiger partial charge in [0, 0.05) is 36.5 Å². The molecule has 8 nitrogen and oxygen atoms in total. The van der Waals surface area contributed by atoms with Gasteiger partial charge in [0.05, 0.1) is 34.2 Å². The van der Waals surface area contributed by atoms with E-state index in [4.69, 9.17) is 0 Å². The van der Waals surface area contributed by atoms with E-state index >= 15 is 4.39 Å². The van der Waals surface area contributed by atoms with Gasteiger partial charge in [-0.3, -0.25) is 9.59 Å². The Morgan fingerprint density at radius 3 is 2.60 bits per heavy atom. The van der Waals surface area contributed by atoms with E-state index in [0.717, 1.165) is 50.9 Å². The van der Waals surface area contributed by atoms with Gasteiger partial charge in [-0.25, -0.2) is 14.4 Å². The van der Waals surface area contributed by atoms with Crippen molar-refractivity contribution in [3.63, 3.8) is 0 Å². The molecule has 3 N–H and O–H groups in total. The largest absolute Gasteiger partial charge is 0.370 e. The van der Waals surface area contributed by atoms with Crippen molar-refractivity contribution in [3.05, 3.63) is 71.0 Å². The quantitative estimate of drug-likeness (QED) is 0.224. The lowest BCUT2D eigenvalue weighted by atomic mass is 9.86. The number of benzene rings is 1. The number of hydrogen-bond acceptors (Lipinski definition) is 6. The molecule has 3 fully saturated rings. The second-order valence-corrected chi connectivity index (χ2v) is 12.5. The molecule has 0 radical (unpaired) electrons. The van der Waals surface area contributed by atoms with Crippen molar-refractivity contribution in [2.45, 2.75) is 64.2 Å². The second kappa shape index (κ2) is 11.4. The van der Waals surface area contributed by atoms with E-state index in [1.54, 1.807) is 24.3 Å². The number of nitrogens with zero attached hydrogens (tertiary/aromatic N) is 3. The Balaban J connectivity index is 1.14. The molecule has 222 valence electrons. The number of fused-ring (bicyclic) bond motifs is 1. The number of hydrogen-bond donors (Lipinski definition) is 3. The molecule has 7 rings (SSSR count). The van der Waals surface area contributed by atoms with Crippen LogP contribution in [0.1, 0.15) is 64.2 Å². The Hall–Kier alpha value is -4.27. The van der Waals surface area contributed by atoms with Gasteiger partial charge in [-0.05, 0) is 80.0 Å². The second-order valence-electron chi connectivity index (χ2n) is 12.5. The van der Waals surface area contributed by atoms with Gasteiger partial charge >= 0.3 is 0 Å². The van der Waals surface area contributed by atoms with Gasteiger partial charge in [0.2, 0.25) is 5.91 Å². The Bertz CT molecular complexity index is 1710. The highest BCUT2D eigenvalue weighted by atomic mass is 19.1. The first kappa shape index (κ1) is 27.6. The van der Waals surface area contributed by atoms with Crippen molar-refractivity contribution in [1.29, 1.82) is 0 Å². The summed E-state index contributed by atoms with van der Waals surface area (Å²) < 4.78 is 15.5. The molecule has 1 aliphatic heterocycles. The van der Waals surface area contributed by atoms with Crippen LogP contribution in [0.15, 0.2) is 59.7 Å². The number of pyridine rings is 3. The summed E-state index contributed by atoms with van der Waals surface area (Å²) in [4.78, 5) is 40.0. The Morgan fingerprint density at radius 2 is 1.84 bits per heavy atom. The molecule has 9 heteroatoms. The van der Waals surface area contributed by atoms with E-state index in [1.807, 2.05) is 12.3 Å². The molecule has 4 aromatic rings. The molecule has 1 spiro atoms. The molecule has 1 saturated heterocycles. The number of carbonyl (C=O) groups excluding carboxylic acids is 1. The van der Waals surface area contributed by atoms with Crippen LogP contribution in [-0.4, -0.2) is 33.9 Å². The van der Waals surface area contributed by atoms with Crippen molar-refractivity contribution in [2.75, 3.05) is 28.6 Å². The van der Waals surface area contributed by atoms with Crippen molar-refractivity contribution in [1.82, 2.24) is 15.0 Å². The summed E-state index contributed by atoms with van der Waals surface area (Å²) in [6, 6.07) is 12.0. The van der Waals surface area contributed by atoms with Crippen LogP contribution >= 0.6 is 0 Å². The molecule has 0 unspecified atom stereocenters. The molecular formula is C34H37FN6O2. The molecule has 3 aliphatic rings. The van der Waals surface area contributed by atoms with Gasteiger partial charge in [-0.15, -0.1) is 0 Å².